The van der Waals surface area contributed by atoms with E-state index in [0.717, 1.165) is 51.6 Å². The van der Waals surface area contributed by atoms with E-state index in [-0.39, 0.29) is 0 Å². The standard InChI is InChI=1S/C56H37NO.2C2H6/c1-2-14-36(15-3-1)54-45-20-4-6-22-47(45)55(48-23-7-5-21-46(48)54)37-28-31-41(32-29-37)57-51-26-10-8-18-43(51)50-35-39(30-33-52(50)57)38-16-12-17-40(34-38)42-24-13-25-49-44-19-9-11-27-53(44)58-56(42)49;2*1-2/h1-6,8-22,24-35H,7,23H2;2*1-2H3. The van der Waals surface area contributed by atoms with E-state index in [0.29, 0.717) is 0 Å². The van der Waals surface area contributed by atoms with Gasteiger partial charge in [-0.2, -0.15) is 0 Å². The van der Waals surface area contributed by atoms with Gasteiger partial charge in [0.1, 0.15) is 11.2 Å². The van der Waals surface area contributed by atoms with Crippen molar-refractivity contribution < 1.29 is 4.42 Å². The summed E-state index contributed by atoms with van der Waals surface area (Å²) in [6.45, 7) is 8.00. The van der Waals surface area contributed by atoms with E-state index in [9.17, 15) is 0 Å². The molecule has 1 aliphatic carbocycles. The molecule has 2 heterocycles. The third kappa shape index (κ3) is 6.42. The van der Waals surface area contributed by atoms with Gasteiger partial charge in [-0.3, -0.25) is 0 Å². The van der Waals surface area contributed by atoms with Crippen molar-refractivity contribution in [3.8, 4) is 50.2 Å². The van der Waals surface area contributed by atoms with Gasteiger partial charge >= 0.3 is 0 Å². The quantitative estimate of drug-likeness (QED) is 0.170. The first-order valence-electron chi connectivity index (χ1n) is 22.2. The maximum absolute atomic E-state index is 6.43. The molecular weight excluding hydrogens is 751 g/mol. The second kappa shape index (κ2) is 16.6. The van der Waals surface area contributed by atoms with E-state index in [2.05, 4.69) is 193 Å². The lowest BCUT2D eigenvalue weighted by atomic mass is 9.80. The first-order chi connectivity index (χ1) is 30.8. The van der Waals surface area contributed by atoms with E-state index in [1.165, 1.54) is 77.1 Å². The van der Waals surface area contributed by atoms with E-state index < -0.39 is 0 Å². The molecule has 0 radical (unpaired) electrons. The lowest BCUT2D eigenvalue weighted by Gasteiger charge is -2.24. The Labute approximate surface area is 364 Å². The van der Waals surface area contributed by atoms with E-state index >= 15 is 0 Å². The first kappa shape index (κ1) is 38.8. The third-order valence-electron chi connectivity index (χ3n) is 12.3. The molecule has 0 bridgehead atoms. The van der Waals surface area contributed by atoms with Crippen LogP contribution in [0.5, 0.6) is 0 Å². The van der Waals surface area contributed by atoms with Gasteiger partial charge in [0, 0.05) is 32.8 Å². The van der Waals surface area contributed by atoms with Crippen molar-refractivity contribution in [1.29, 1.82) is 0 Å². The van der Waals surface area contributed by atoms with E-state index in [1.54, 1.807) is 0 Å². The molecule has 300 valence electrons. The number of para-hydroxylation sites is 3. The topological polar surface area (TPSA) is 18.1 Å². The van der Waals surface area contributed by atoms with Crippen LogP contribution < -0.4 is 0 Å². The third-order valence-corrected chi connectivity index (χ3v) is 12.3. The molecule has 0 saturated heterocycles. The smallest absolute Gasteiger partial charge is 0.143 e. The molecule has 2 heteroatoms. The average molecular weight is 800 g/mol. The van der Waals surface area contributed by atoms with Crippen LogP contribution in [0.2, 0.25) is 0 Å². The predicted molar refractivity (Wildman–Crippen MR) is 267 cm³/mol. The second-order valence-electron chi connectivity index (χ2n) is 15.5. The fraction of sp³-hybridized carbons (Fsp3) is 0.100. The number of rotatable bonds is 5. The highest BCUT2D eigenvalue weighted by Gasteiger charge is 2.22. The highest BCUT2D eigenvalue weighted by Crippen LogP contribution is 2.45. The second-order valence-corrected chi connectivity index (χ2v) is 15.5. The molecule has 12 rings (SSSR count). The molecule has 0 amide bonds. The van der Waals surface area contributed by atoms with Crippen LogP contribution in [-0.4, -0.2) is 4.57 Å². The summed E-state index contributed by atoms with van der Waals surface area (Å²) >= 11 is 0. The molecular formula is C60H49NO. The molecule has 9 aromatic carbocycles. The number of furan rings is 1. The Balaban J connectivity index is 0.00000112. The van der Waals surface area contributed by atoms with Crippen molar-refractivity contribution in [3.63, 3.8) is 0 Å². The molecule has 0 spiro atoms. The van der Waals surface area contributed by atoms with Crippen molar-refractivity contribution >= 4 is 60.6 Å². The number of aromatic nitrogens is 1. The fourth-order valence-corrected chi connectivity index (χ4v) is 9.68. The Hall–Kier alpha value is -7.42. The van der Waals surface area contributed by atoms with Crippen molar-refractivity contribution in [2.24, 2.45) is 0 Å². The summed E-state index contributed by atoms with van der Waals surface area (Å²) in [4.78, 5) is 0. The van der Waals surface area contributed by atoms with Gasteiger partial charge in [-0.15, -0.1) is 0 Å². The largest absolute Gasteiger partial charge is 0.455 e. The normalized spacial score (nSPS) is 12.0. The van der Waals surface area contributed by atoms with Crippen molar-refractivity contribution in [2.75, 3.05) is 0 Å². The zero-order chi connectivity index (χ0) is 42.2. The first-order valence-corrected chi connectivity index (χ1v) is 22.2. The summed E-state index contributed by atoms with van der Waals surface area (Å²) in [5.74, 6) is 0. The summed E-state index contributed by atoms with van der Waals surface area (Å²) in [5.41, 5.74) is 18.0. The van der Waals surface area contributed by atoms with Crippen LogP contribution in [0.3, 0.4) is 0 Å². The highest BCUT2D eigenvalue weighted by molar-refractivity contribution is 6.13. The van der Waals surface area contributed by atoms with Crippen molar-refractivity contribution in [3.05, 3.63) is 205 Å². The van der Waals surface area contributed by atoms with Gasteiger partial charge < -0.3 is 8.98 Å². The Kier molecular flexibility index (Phi) is 10.4. The summed E-state index contributed by atoms with van der Waals surface area (Å²) in [7, 11) is 0. The molecule has 2 nitrogen and oxygen atoms in total. The van der Waals surface area contributed by atoms with Gasteiger partial charge in [-0.25, -0.2) is 0 Å². The zero-order valence-corrected chi connectivity index (χ0v) is 35.8. The number of hydrogen-bond donors (Lipinski definition) is 0. The minimum Gasteiger partial charge on any atom is -0.455 e. The van der Waals surface area contributed by atoms with Crippen molar-refractivity contribution in [2.45, 2.75) is 40.5 Å². The Morgan fingerprint density at radius 1 is 0.419 bits per heavy atom. The summed E-state index contributed by atoms with van der Waals surface area (Å²) < 4.78 is 8.85. The molecule has 11 aromatic rings. The van der Waals surface area contributed by atoms with Gasteiger partial charge in [-0.1, -0.05) is 185 Å². The number of fused-ring (bicyclic) bond motifs is 8. The average Bonchev–Trinajstić information content (AvgIpc) is 3.90. The van der Waals surface area contributed by atoms with Crippen LogP contribution >= 0.6 is 0 Å². The van der Waals surface area contributed by atoms with Crippen LogP contribution in [0, 0.1) is 0 Å². The molecule has 0 fully saturated rings. The predicted octanol–water partition coefficient (Wildman–Crippen LogP) is 17.5. The number of benzene rings is 9. The lowest BCUT2D eigenvalue weighted by molar-refractivity contribution is 0.670. The Morgan fingerprint density at radius 3 is 1.81 bits per heavy atom. The molecule has 0 atom stereocenters. The summed E-state index contributed by atoms with van der Waals surface area (Å²) in [6, 6.07) is 68.5. The van der Waals surface area contributed by atoms with Gasteiger partial charge in [0.2, 0.25) is 0 Å². The van der Waals surface area contributed by atoms with Crippen LogP contribution in [0.4, 0.5) is 0 Å². The Bertz CT molecular complexity index is 3430. The molecule has 62 heavy (non-hydrogen) atoms. The zero-order valence-electron chi connectivity index (χ0n) is 35.8. The minimum atomic E-state index is 0.917. The highest BCUT2D eigenvalue weighted by atomic mass is 16.3. The molecule has 0 N–H and O–H groups in total. The number of nitrogens with zero attached hydrogens (tertiary/aromatic N) is 1. The minimum absolute atomic E-state index is 0.917. The monoisotopic (exact) mass is 799 g/mol. The SMILES string of the molecule is C1=Cc2c(c(-c3ccc(-n4c5ccccc5c5cc(-c6cccc(-c7cccc8c7oc7ccccc78)c6)ccc54)cc3)c3ccccc3c2-c2ccccc2)CC1.CC.CC. The fourth-order valence-electron chi connectivity index (χ4n) is 9.68. The Morgan fingerprint density at radius 2 is 1.00 bits per heavy atom. The summed E-state index contributed by atoms with van der Waals surface area (Å²) in [6.07, 6.45) is 6.77. The molecule has 2 aromatic heterocycles. The van der Waals surface area contributed by atoms with Crippen LogP contribution in [0.1, 0.15) is 45.2 Å². The van der Waals surface area contributed by atoms with Gasteiger partial charge in [-0.05, 0) is 116 Å². The molecule has 0 unspecified atom stereocenters. The maximum Gasteiger partial charge on any atom is 0.143 e. The van der Waals surface area contributed by atoms with Gasteiger partial charge in [0.25, 0.3) is 0 Å². The maximum atomic E-state index is 6.43. The van der Waals surface area contributed by atoms with Gasteiger partial charge in [0.05, 0.1) is 11.0 Å². The van der Waals surface area contributed by atoms with Crippen molar-refractivity contribution in [1.82, 2.24) is 4.57 Å². The molecule has 1 aliphatic rings. The summed E-state index contributed by atoms with van der Waals surface area (Å²) in [5, 5.41) is 7.39. The van der Waals surface area contributed by atoms with Crippen LogP contribution in [0.25, 0.3) is 111 Å². The number of allylic oxidation sites excluding steroid dienone is 1. The molecule has 0 aliphatic heterocycles. The van der Waals surface area contributed by atoms with Gasteiger partial charge in [0.15, 0.2) is 0 Å². The lowest BCUT2D eigenvalue weighted by Crippen LogP contribution is -2.02. The van der Waals surface area contributed by atoms with Crippen LogP contribution in [-0.2, 0) is 6.42 Å². The van der Waals surface area contributed by atoms with E-state index in [1.807, 2.05) is 39.8 Å². The van der Waals surface area contributed by atoms with Crippen LogP contribution in [0.15, 0.2) is 199 Å². The molecule has 0 saturated carbocycles. The van der Waals surface area contributed by atoms with E-state index in [4.69, 9.17) is 4.42 Å². The number of hydrogen-bond acceptors (Lipinski definition) is 1.